The molecule has 2 atom stereocenters. The van der Waals surface area contributed by atoms with Gasteiger partial charge >= 0.3 is 0 Å². The second-order valence-electron chi connectivity index (χ2n) is 11.7. The molecule has 39 heavy (non-hydrogen) atoms. The first kappa shape index (κ1) is 22.6. The van der Waals surface area contributed by atoms with E-state index >= 15 is 0 Å². The fourth-order valence-corrected chi connectivity index (χ4v) is 7.28. The van der Waals surface area contributed by atoms with Crippen LogP contribution in [0.25, 0.3) is 39.0 Å². The van der Waals surface area contributed by atoms with Crippen molar-refractivity contribution >= 4 is 5.57 Å². The highest BCUT2D eigenvalue weighted by Gasteiger charge is 2.44. The van der Waals surface area contributed by atoms with E-state index in [9.17, 15) is 0 Å². The molecule has 186 valence electrons. The molecular formula is C39H30. The van der Waals surface area contributed by atoms with E-state index in [0.29, 0.717) is 11.8 Å². The highest BCUT2D eigenvalue weighted by molar-refractivity contribution is 5.90. The Balaban J connectivity index is 1.21. The summed E-state index contributed by atoms with van der Waals surface area (Å²) in [5.41, 5.74) is 16.6. The minimum Gasteiger partial charge on any atom is -0.0755 e. The summed E-state index contributed by atoms with van der Waals surface area (Å²) < 4.78 is 0. The van der Waals surface area contributed by atoms with Crippen molar-refractivity contribution in [2.75, 3.05) is 0 Å². The zero-order valence-corrected chi connectivity index (χ0v) is 22.4. The number of fused-ring (bicyclic) bond motifs is 3. The molecule has 0 radical (unpaired) electrons. The zero-order chi connectivity index (χ0) is 26.1. The van der Waals surface area contributed by atoms with Gasteiger partial charge in [0.15, 0.2) is 0 Å². The maximum absolute atomic E-state index is 2.53. The van der Waals surface area contributed by atoms with Crippen molar-refractivity contribution in [1.29, 1.82) is 0 Å². The van der Waals surface area contributed by atoms with Gasteiger partial charge in [0.1, 0.15) is 0 Å². The number of rotatable bonds is 3. The van der Waals surface area contributed by atoms with Crippen LogP contribution in [0.15, 0.2) is 133 Å². The van der Waals surface area contributed by atoms with Crippen LogP contribution in [0, 0.1) is 0 Å². The van der Waals surface area contributed by atoms with Crippen molar-refractivity contribution in [2.24, 2.45) is 0 Å². The largest absolute Gasteiger partial charge is 0.0755 e. The molecule has 8 rings (SSSR count). The summed E-state index contributed by atoms with van der Waals surface area (Å²) in [5.74, 6) is 0.729. The van der Waals surface area contributed by atoms with Gasteiger partial charge in [0.2, 0.25) is 0 Å². The summed E-state index contributed by atoms with van der Waals surface area (Å²) in [6.07, 6.45) is 7.34. The Bertz CT molecular complexity index is 1830. The molecule has 0 spiro atoms. The Kier molecular flexibility index (Phi) is 4.79. The van der Waals surface area contributed by atoms with Crippen molar-refractivity contribution in [3.8, 4) is 33.4 Å². The molecule has 0 bridgehead atoms. The first-order chi connectivity index (χ1) is 19.1. The minimum absolute atomic E-state index is 0.0447. The molecule has 0 saturated heterocycles. The average molecular weight is 499 g/mol. The van der Waals surface area contributed by atoms with Crippen LogP contribution >= 0.6 is 0 Å². The van der Waals surface area contributed by atoms with E-state index in [1.54, 1.807) is 0 Å². The van der Waals surface area contributed by atoms with Crippen LogP contribution in [0.4, 0.5) is 0 Å². The van der Waals surface area contributed by atoms with E-state index < -0.39 is 0 Å². The lowest BCUT2D eigenvalue weighted by atomic mass is 9.69. The molecule has 0 aliphatic heterocycles. The Morgan fingerprint density at radius 2 is 1.00 bits per heavy atom. The molecule has 0 N–H and O–H groups in total. The molecule has 0 saturated carbocycles. The molecule has 0 heterocycles. The van der Waals surface area contributed by atoms with Crippen LogP contribution in [0.1, 0.15) is 53.5 Å². The van der Waals surface area contributed by atoms with Crippen LogP contribution in [0.2, 0.25) is 0 Å². The first-order valence-electron chi connectivity index (χ1n) is 14.0. The van der Waals surface area contributed by atoms with E-state index in [1.165, 1.54) is 66.8 Å². The highest BCUT2D eigenvalue weighted by Crippen LogP contribution is 2.60. The van der Waals surface area contributed by atoms with Crippen molar-refractivity contribution in [2.45, 2.75) is 31.1 Å². The van der Waals surface area contributed by atoms with E-state index in [-0.39, 0.29) is 5.41 Å². The summed E-state index contributed by atoms with van der Waals surface area (Å²) in [7, 11) is 0. The Morgan fingerprint density at radius 3 is 1.67 bits per heavy atom. The lowest BCUT2D eigenvalue weighted by Crippen LogP contribution is -2.17. The van der Waals surface area contributed by atoms with Gasteiger partial charge in [-0.2, -0.15) is 0 Å². The normalized spacial score (nSPS) is 19.3. The number of hydrogen-bond donors (Lipinski definition) is 0. The van der Waals surface area contributed by atoms with Crippen molar-refractivity contribution < 1.29 is 0 Å². The summed E-state index contributed by atoms with van der Waals surface area (Å²) >= 11 is 0. The van der Waals surface area contributed by atoms with Gasteiger partial charge in [0.05, 0.1) is 0 Å². The molecule has 0 amide bonds. The van der Waals surface area contributed by atoms with Crippen LogP contribution in [-0.2, 0) is 5.41 Å². The maximum Gasteiger partial charge on any atom is 0.0159 e. The standard InChI is InChI=1S/C39H30/c1-39(2)35-18-8-16-32-31-21-20-30(24-34(31)33-17-9-19-36(39)38(33)37(32)35)29-15-7-14-28(23-29)27-13-6-12-26(22-27)25-10-4-3-5-11-25/h3-24,31,34H,1-2H3. The second kappa shape index (κ2) is 8.29. The highest BCUT2D eigenvalue weighted by atomic mass is 14.5. The predicted octanol–water partition coefficient (Wildman–Crippen LogP) is 10.2. The fraction of sp³-hybridized carbons (Fsp3) is 0.128. The summed E-state index contributed by atoms with van der Waals surface area (Å²) in [6, 6.07) is 42.5. The lowest BCUT2D eigenvalue weighted by Gasteiger charge is -2.34. The minimum atomic E-state index is 0.0447. The third kappa shape index (κ3) is 3.31. The summed E-state index contributed by atoms with van der Waals surface area (Å²) in [5, 5.41) is 0. The van der Waals surface area contributed by atoms with Crippen LogP contribution in [0.3, 0.4) is 0 Å². The van der Waals surface area contributed by atoms with Gasteiger partial charge in [-0.1, -0.05) is 135 Å². The average Bonchev–Trinajstić information content (AvgIpc) is 3.24. The van der Waals surface area contributed by atoms with Crippen molar-refractivity contribution in [3.05, 3.63) is 161 Å². The first-order valence-corrected chi connectivity index (χ1v) is 14.0. The van der Waals surface area contributed by atoms with Gasteiger partial charge in [-0.05, 0) is 78.9 Å². The van der Waals surface area contributed by atoms with Gasteiger partial charge in [0.25, 0.3) is 0 Å². The third-order valence-electron chi connectivity index (χ3n) is 9.24. The molecular weight excluding hydrogens is 468 g/mol. The quantitative estimate of drug-likeness (QED) is 0.232. The lowest BCUT2D eigenvalue weighted by molar-refractivity contribution is 0.660. The van der Waals surface area contributed by atoms with Crippen molar-refractivity contribution in [1.82, 2.24) is 0 Å². The predicted molar refractivity (Wildman–Crippen MR) is 164 cm³/mol. The van der Waals surface area contributed by atoms with E-state index in [4.69, 9.17) is 0 Å². The molecule has 5 aromatic carbocycles. The van der Waals surface area contributed by atoms with Gasteiger partial charge in [-0.3, -0.25) is 0 Å². The molecule has 0 aromatic heterocycles. The number of benzene rings is 5. The molecule has 0 nitrogen and oxygen atoms in total. The van der Waals surface area contributed by atoms with E-state index in [0.717, 1.165) is 0 Å². The van der Waals surface area contributed by atoms with Gasteiger partial charge in [-0.25, -0.2) is 0 Å². The molecule has 5 aromatic rings. The Hall–Kier alpha value is -4.42. The summed E-state index contributed by atoms with van der Waals surface area (Å²) in [4.78, 5) is 0. The Morgan fingerprint density at radius 1 is 0.487 bits per heavy atom. The van der Waals surface area contributed by atoms with Crippen LogP contribution in [0.5, 0.6) is 0 Å². The third-order valence-corrected chi connectivity index (χ3v) is 9.24. The SMILES string of the molecule is CC1(C)c2cccc3c2-c2c(cccc21)C1C=C(c2cccc(-c4cccc(-c5ccccc5)c4)c2)C=CC31. The van der Waals surface area contributed by atoms with Gasteiger partial charge < -0.3 is 0 Å². The van der Waals surface area contributed by atoms with Crippen molar-refractivity contribution in [3.63, 3.8) is 0 Å². The number of allylic oxidation sites excluding steroid dienone is 4. The van der Waals surface area contributed by atoms with Gasteiger partial charge in [-0.15, -0.1) is 0 Å². The number of hydrogen-bond acceptors (Lipinski definition) is 0. The van der Waals surface area contributed by atoms with Crippen LogP contribution in [-0.4, -0.2) is 0 Å². The molecule has 3 aliphatic rings. The molecule has 0 fully saturated rings. The Labute approximate surface area is 231 Å². The fourth-order valence-electron chi connectivity index (χ4n) is 7.28. The molecule has 0 heteroatoms. The van der Waals surface area contributed by atoms with E-state index in [2.05, 4.69) is 147 Å². The van der Waals surface area contributed by atoms with Crippen LogP contribution < -0.4 is 0 Å². The summed E-state index contributed by atoms with van der Waals surface area (Å²) in [6.45, 7) is 4.77. The van der Waals surface area contributed by atoms with E-state index in [1.807, 2.05) is 0 Å². The topological polar surface area (TPSA) is 0 Å². The maximum atomic E-state index is 2.53. The zero-order valence-electron chi connectivity index (χ0n) is 22.4. The molecule has 2 unspecified atom stereocenters. The molecule has 3 aliphatic carbocycles. The second-order valence-corrected chi connectivity index (χ2v) is 11.7. The monoisotopic (exact) mass is 498 g/mol. The smallest absolute Gasteiger partial charge is 0.0159 e. The van der Waals surface area contributed by atoms with Gasteiger partial charge in [0, 0.05) is 17.3 Å².